The van der Waals surface area contributed by atoms with Crippen molar-refractivity contribution in [2.75, 3.05) is 0 Å². The fourth-order valence-electron chi connectivity index (χ4n) is 1.12. The highest BCUT2D eigenvalue weighted by Crippen LogP contribution is 2.25. The Morgan fingerprint density at radius 3 is 2.92 bits per heavy atom. The highest BCUT2D eigenvalue weighted by Gasteiger charge is 2.04. The van der Waals surface area contributed by atoms with Gasteiger partial charge in [-0.3, -0.25) is 0 Å². The van der Waals surface area contributed by atoms with Gasteiger partial charge in [-0.25, -0.2) is 0 Å². The molecule has 0 saturated carbocycles. The normalized spacial score (nSPS) is 10.3. The lowest BCUT2D eigenvalue weighted by atomic mass is 10.1. The van der Waals surface area contributed by atoms with Crippen molar-refractivity contribution >= 4 is 33.9 Å². The Bertz CT molecular complexity index is 412. The van der Waals surface area contributed by atoms with Crippen LogP contribution in [0, 0.1) is 10.5 Å². The Morgan fingerprint density at radius 1 is 1.38 bits per heavy atom. The summed E-state index contributed by atoms with van der Waals surface area (Å²) in [4.78, 5) is 0. The maximum Gasteiger partial charge on any atom is 0.147 e. The number of rotatable bonds is 1. The number of hydrogen-bond acceptors (Lipinski definition) is 3. The van der Waals surface area contributed by atoms with Crippen LogP contribution in [-0.2, 0) is 0 Å². The van der Waals surface area contributed by atoms with Crippen molar-refractivity contribution in [1.82, 2.24) is 10.2 Å². The summed E-state index contributed by atoms with van der Waals surface area (Å²) < 4.78 is 1.23. The maximum absolute atomic E-state index is 4.05. The lowest BCUT2D eigenvalue weighted by Gasteiger charge is -2.01. The van der Waals surface area contributed by atoms with Crippen molar-refractivity contribution in [3.05, 3.63) is 32.8 Å². The van der Waals surface area contributed by atoms with Gasteiger partial charge in [0.05, 0.1) is 0 Å². The zero-order chi connectivity index (χ0) is 9.26. The predicted molar refractivity (Wildman–Crippen MR) is 62.8 cm³/mol. The lowest BCUT2D eigenvalue weighted by Crippen LogP contribution is -1.83. The van der Waals surface area contributed by atoms with Gasteiger partial charge in [0.1, 0.15) is 10.5 Å². The van der Waals surface area contributed by atoms with Gasteiger partial charge >= 0.3 is 0 Å². The van der Waals surface area contributed by atoms with Crippen molar-refractivity contribution in [2.24, 2.45) is 0 Å². The molecule has 0 aliphatic rings. The van der Waals surface area contributed by atoms with Gasteiger partial charge in [0, 0.05) is 9.13 Å². The summed E-state index contributed by atoms with van der Waals surface area (Å²) in [7, 11) is 0. The molecule has 0 bridgehead atoms. The fraction of sp³-hybridized carbons (Fsp3) is 0.111. The molecule has 4 heteroatoms. The van der Waals surface area contributed by atoms with E-state index < -0.39 is 0 Å². The molecule has 1 aromatic heterocycles. The van der Waals surface area contributed by atoms with Crippen LogP contribution < -0.4 is 0 Å². The van der Waals surface area contributed by atoms with Crippen LogP contribution in [0.5, 0.6) is 0 Å². The number of aryl methyl sites for hydroxylation is 1. The molecule has 0 aliphatic heterocycles. The van der Waals surface area contributed by atoms with E-state index in [1.54, 1.807) is 16.8 Å². The quantitative estimate of drug-likeness (QED) is 0.756. The van der Waals surface area contributed by atoms with Gasteiger partial charge in [0.2, 0.25) is 0 Å². The Hall–Kier alpha value is -0.490. The first-order valence-electron chi connectivity index (χ1n) is 3.80. The van der Waals surface area contributed by atoms with Crippen LogP contribution in [0.25, 0.3) is 10.6 Å². The number of benzene rings is 1. The molecule has 1 heterocycles. The van der Waals surface area contributed by atoms with E-state index in [2.05, 4.69) is 57.9 Å². The summed E-state index contributed by atoms with van der Waals surface area (Å²) in [6, 6.07) is 6.34. The molecule has 2 rings (SSSR count). The van der Waals surface area contributed by atoms with E-state index in [1.165, 1.54) is 14.7 Å². The molecule has 13 heavy (non-hydrogen) atoms. The number of halogens is 1. The molecule has 2 aromatic rings. The van der Waals surface area contributed by atoms with Crippen LogP contribution in [0.4, 0.5) is 0 Å². The molecule has 0 aliphatic carbocycles. The van der Waals surface area contributed by atoms with Crippen LogP contribution in [0.1, 0.15) is 5.56 Å². The second-order valence-electron chi connectivity index (χ2n) is 2.70. The molecule has 0 atom stereocenters. The molecular weight excluding hydrogens is 295 g/mol. The van der Waals surface area contributed by atoms with E-state index in [9.17, 15) is 0 Å². The summed E-state index contributed by atoms with van der Waals surface area (Å²) in [6.07, 6.45) is 0. The third-order valence-electron chi connectivity index (χ3n) is 1.79. The average Bonchev–Trinajstić information content (AvgIpc) is 2.61. The standard InChI is InChI=1S/C9H7IN2S/c1-6-2-3-7(10)4-8(6)9-12-11-5-13-9/h2-5H,1H3. The number of aromatic nitrogens is 2. The molecular formula is C9H7IN2S. The molecule has 2 nitrogen and oxygen atoms in total. The van der Waals surface area contributed by atoms with Crippen LogP contribution in [0.3, 0.4) is 0 Å². The Morgan fingerprint density at radius 2 is 2.23 bits per heavy atom. The van der Waals surface area contributed by atoms with E-state index in [4.69, 9.17) is 0 Å². The third kappa shape index (κ3) is 1.88. The first-order valence-corrected chi connectivity index (χ1v) is 5.76. The van der Waals surface area contributed by atoms with E-state index >= 15 is 0 Å². The lowest BCUT2D eigenvalue weighted by molar-refractivity contribution is 1.09. The van der Waals surface area contributed by atoms with Gasteiger partial charge in [0.15, 0.2) is 0 Å². The maximum atomic E-state index is 4.05. The van der Waals surface area contributed by atoms with Gasteiger partial charge in [-0.2, -0.15) is 0 Å². The molecule has 66 valence electrons. The molecule has 0 spiro atoms. The minimum Gasteiger partial charge on any atom is -0.147 e. The summed E-state index contributed by atoms with van der Waals surface area (Å²) in [5, 5.41) is 8.89. The van der Waals surface area contributed by atoms with E-state index in [-0.39, 0.29) is 0 Å². The zero-order valence-corrected chi connectivity index (χ0v) is 9.96. The first-order chi connectivity index (χ1) is 6.27. The first kappa shape index (κ1) is 9.08. The molecule has 1 aromatic carbocycles. The van der Waals surface area contributed by atoms with Gasteiger partial charge in [0.25, 0.3) is 0 Å². The fourth-order valence-corrected chi connectivity index (χ4v) is 2.24. The van der Waals surface area contributed by atoms with Gasteiger partial charge in [-0.1, -0.05) is 17.4 Å². The second-order valence-corrected chi connectivity index (χ2v) is 4.78. The Labute approximate surface area is 94.2 Å². The molecule has 0 fully saturated rings. The van der Waals surface area contributed by atoms with E-state index in [1.807, 2.05) is 0 Å². The van der Waals surface area contributed by atoms with E-state index in [0.717, 1.165) is 5.01 Å². The summed E-state index contributed by atoms with van der Waals surface area (Å²) in [6.45, 7) is 2.09. The van der Waals surface area contributed by atoms with E-state index in [0.29, 0.717) is 0 Å². The molecule has 0 amide bonds. The zero-order valence-electron chi connectivity index (χ0n) is 6.99. The highest BCUT2D eigenvalue weighted by atomic mass is 127. The van der Waals surface area contributed by atoms with Crippen molar-refractivity contribution in [3.63, 3.8) is 0 Å². The monoisotopic (exact) mass is 302 g/mol. The van der Waals surface area contributed by atoms with Gasteiger partial charge < -0.3 is 0 Å². The Balaban J connectivity index is 2.57. The van der Waals surface area contributed by atoms with Crippen molar-refractivity contribution < 1.29 is 0 Å². The third-order valence-corrected chi connectivity index (χ3v) is 3.19. The van der Waals surface area contributed by atoms with Crippen LogP contribution in [0.15, 0.2) is 23.7 Å². The summed E-state index contributed by atoms with van der Waals surface area (Å²) >= 11 is 3.88. The van der Waals surface area contributed by atoms with Crippen molar-refractivity contribution in [3.8, 4) is 10.6 Å². The minimum absolute atomic E-state index is 0.996. The largest absolute Gasteiger partial charge is 0.147 e. The van der Waals surface area contributed by atoms with Gasteiger partial charge in [-0.05, 0) is 47.2 Å². The molecule has 0 radical (unpaired) electrons. The second kappa shape index (κ2) is 3.71. The summed E-state index contributed by atoms with van der Waals surface area (Å²) in [5.41, 5.74) is 4.20. The average molecular weight is 302 g/mol. The number of hydrogen-bond donors (Lipinski definition) is 0. The Kier molecular flexibility index (Phi) is 2.59. The molecule has 0 N–H and O–H groups in total. The van der Waals surface area contributed by atoms with Crippen LogP contribution >= 0.6 is 33.9 Å². The predicted octanol–water partition coefficient (Wildman–Crippen LogP) is 3.12. The van der Waals surface area contributed by atoms with Crippen molar-refractivity contribution in [1.29, 1.82) is 0 Å². The van der Waals surface area contributed by atoms with Crippen LogP contribution in [0.2, 0.25) is 0 Å². The molecule has 0 unspecified atom stereocenters. The minimum atomic E-state index is 0.996. The topological polar surface area (TPSA) is 25.8 Å². The molecule has 0 saturated heterocycles. The number of nitrogens with zero attached hydrogens (tertiary/aromatic N) is 2. The van der Waals surface area contributed by atoms with Gasteiger partial charge in [-0.15, -0.1) is 10.2 Å². The van der Waals surface area contributed by atoms with Crippen LogP contribution in [-0.4, -0.2) is 10.2 Å². The SMILES string of the molecule is Cc1ccc(I)cc1-c1nncs1. The smallest absolute Gasteiger partial charge is 0.147 e. The van der Waals surface area contributed by atoms with Crippen molar-refractivity contribution in [2.45, 2.75) is 6.92 Å². The summed E-state index contributed by atoms with van der Waals surface area (Å²) in [5.74, 6) is 0. The highest BCUT2D eigenvalue weighted by molar-refractivity contribution is 14.1.